The quantitative estimate of drug-likeness (QED) is 0.589. The maximum Gasteiger partial charge on any atom is 0.313 e. The van der Waals surface area contributed by atoms with E-state index in [1.165, 1.54) is 0 Å². The second kappa shape index (κ2) is 4.65. The SMILES string of the molecule is CCOC(=O)[C@@H](C)c1ccc(N)cc1. The normalized spacial score (nSPS) is 12.1. The fourth-order valence-corrected chi connectivity index (χ4v) is 1.19. The lowest BCUT2D eigenvalue weighted by atomic mass is 10.0. The first-order valence-electron chi connectivity index (χ1n) is 4.67. The van der Waals surface area contributed by atoms with E-state index in [-0.39, 0.29) is 11.9 Å². The molecular weight excluding hydrogens is 178 g/mol. The molecule has 1 aromatic carbocycles. The van der Waals surface area contributed by atoms with Crippen LogP contribution in [0.3, 0.4) is 0 Å². The molecule has 14 heavy (non-hydrogen) atoms. The van der Waals surface area contributed by atoms with Crippen LogP contribution in [0.4, 0.5) is 5.69 Å². The van der Waals surface area contributed by atoms with Gasteiger partial charge in [0.2, 0.25) is 0 Å². The van der Waals surface area contributed by atoms with Crippen LogP contribution in [0.1, 0.15) is 25.3 Å². The van der Waals surface area contributed by atoms with Gasteiger partial charge in [-0.05, 0) is 31.5 Å². The number of nitrogens with two attached hydrogens (primary N) is 1. The van der Waals surface area contributed by atoms with Gasteiger partial charge in [-0.3, -0.25) is 4.79 Å². The molecule has 3 nitrogen and oxygen atoms in total. The molecule has 1 rings (SSSR count). The average molecular weight is 193 g/mol. The van der Waals surface area contributed by atoms with E-state index >= 15 is 0 Å². The van der Waals surface area contributed by atoms with E-state index in [2.05, 4.69) is 0 Å². The molecule has 0 spiro atoms. The summed E-state index contributed by atoms with van der Waals surface area (Å²) in [7, 11) is 0. The van der Waals surface area contributed by atoms with Crippen LogP contribution < -0.4 is 5.73 Å². The maximum atomic E-state index is 11.4. The number of esters is 1. The number of carbonyl (C=O) groups is 1. The van der Waals surface area contributed by atoms with Gasteiger partial charge >= 0.3 is 5.97 Å². The summed E-state index contributed by atoms with van der Waals surface area (Å²) in [4.78, 5) is 11.4. The van der Waals surface area contributed by atoms with Crippen molar-refractivity contribution in [1.82, 2.24) is 0 Å². The molecule has 0 aromatic heterocycles. The molecule has 0 aliphatic carbocycles. The van der Waals surface area contributed by atoms with Crippen LogP contribution in [0, 0.1) is 0 Å². The van der Waals surface area contributed by atoms with E-state index in [1.54, 1.807) is 19.1 Å². The molecule has 0 fully saturated rings. The van der Waals surface area contributed by atoms with E-state index < -0.39 is 0 Å². The highest BCUT2D eigenvalue weighted by Gasteiger charge is 2.15. The van der Waals surface area contributed by atoms with Crippen LogP contribution in [0.5, 0.6) is 0 Å². The van der Waals surface area contributed by atoms with Gasteiger partial charge in [-0.15, -0.1) is 0 Å². The highest BCUT2D eigenvalue weighted by atomic mass is 16.5. The van der Waals surface area contributed by atoms with E-state index in [9.17, 15) is 4.79 Å². The van der Waals surface area contributed by atoms with Gasteiger partial charge in [-0.1, -0.05) is 12.1 Å². The first-order valence-corrected chi connectivity index (χ1v) is 4.67. The van der Waals surface area contributed by atoms with Crippen LogP contribution in [-0.2, 0) is 9.53 Å². The molecule has 2 N–H and O–H groups in total. The monoisotopic (exact) mass is 193 g/mol. The van der Waals surface area contributed by atoms with Crippen LogP contribution in [0.15, 0.2) is 24.3 Å². The minimum Gasteiger partial charge on any atom is -0.466 e. The van der Waals surface area contributed by atoms with Gasteiger partial charge in [0.25, 0.3) is 0 Å². The van der Waals surface area contributed by atoms with E-state index in [1.807, 2.05) is 19.1 Å². The number of rotatable bonds is 3. The molecule has 0 radical (unpaired) electrons. The van der Waals surface area contributed by atoms with Crippen LogP contribution in [0.25, 0.3) is 0 Å². The highest BCUT2D eigenvalue weighted by Crippen LogP contribution is 2.17. The van der Waals surface area contributed by atoms with Gasteiger partial charge in [0.1, 0.15) is 0 Å². The van der Waals surface area contributed by atoms with Gasteiger partial charge in [0, 0.05) is 5.69 Å². The van der Waals surface area contributed by atoms with E-state index in [0.29, 0.717) is 12.3 Å². The molecule has 1 atom stereocenters. The van der Waals surface area contributed by atoms with Gasteiger partial charge in [0.15, 0.2) is 0 Å². The average Bonchev–Trinajstić information content (AvgIpc) is 2.18. The Hall–Kier alpha value is -1.51. The van der Waals surface area contributed by atoms with E-state index in [4.69, 9.17) is 10.5 Å². The standard InChI is InChI=1S/C11H15NO2/c1-3-14-11(13)8(2)9-4-6-10(12)7-5-9/h4-8H,3,12H2,1-2H3/t8-/m0/s1. The first kappa shape index (κ1) is 10.6. The zero-order valence-electron chi connectivity index (χ0n) is 8.49. The topological polar surface area (TPSA) is 52.3 Å². The molecule has 3 heteroatoms. The van der Waals surface area contributed by atoms with Crippen LogP contribution in [-0.4, -0.2) is 12.6 Å². The van der Waals surface area contributed by atoms with E-state index in [0.717, 1.165) is 5.56 Å². The Balaban J connectivity index is 2.73. The third-order valence-electron chi connectivity index (χ3n) is 2.08. The van der Waals surface area contributed by atoms with Crippen molar-refractivity contribution >= 4 is 11.7 Å². The Morgan fingerprint density at radius 1 is 1.43 bits per heavy atom. The third-order valence-corrected chi connectivity index (χ3v) is 2.08. The largest absolute Gasteiger partial charge is 0.466 e. The number of benzene rings is 1. The number of ether oxygens (including phenoxy) is 1. The molecule has 0 aliphatic heterocycles. The third kappa shape index (κ3) is 2.49. The molecule has 1 aromatic rings. The number of hydrogen-bond donors (Lipinski definition) is 1. The number of carbonyl (C=O) groups excluding carboxylic acids is 1. The van der Waals surface area contributed by atoms with Crippen molar-refractivity contribution in [1.29, 1.82) is 0 Å². The Kier molecular flexibility index (Phi) is 3.51. The molecule has 0 aliphatic rings. The predicted octanol–water partition coefficient (Wildman–Crippen LogP) is 1.94. The number of nitrogen functional groups attached to an aromatic ring is 1. The van der Waals surface area contributed by atoms with Crippen molar-refractivity contribution in [2.24, 2.45) is 0 Å². The molecule has 0 saturated carbocycles. The lowest BCUT2D eigenvalue weighted by Gasteiger charge is -2.10. The summed E-state index contributed by atoms with van der Waals surface area (Å²) in [6.45, 7) is 4.04. The Labute approximate surface area is 83.9 Å². The lowest BCUT2D eigenvalue weighted by molar-refractivity contribution is -0.144. The predicted molar refractivity (Wildman–Crippen MR) is 55.9 cm³/mol. The second-order valence-corrected chi connectivity index (χ2v) is 3.14. The summed E-state index contributed by atoms with van der Waals surface area (Å²) in [5, 5.41) is 0. The summed E-state index contributed by atoms with van der Waals surface area (Å²) in [5.74, 6) is -0.423. The number of hydrogen-bond acceptors (Lipinski definition) is 3. The molecule has 0 bridgehead atoms. The van der Waals surface area contributed by atoms with Crippen molar-refractivity contribution in [3.05, 3.63) is 29.8 Å². The number of anilines is 1. The van der Waals surface area contributed by atoms with Crippen molar-refractivity contribution in [2.45, 2.75) is 19.8 Å². The van der Waals surface area contributed by atoms with Gasteiger partial charge in [-0.2, -0.15) is 0 Å². The summed E-state index contributed by atoms with van der Waals surface area (Å²) in [5.41, 5.74) is 7.17. The molecule has 0 amide bonds. The van der Waals surface area contributed by atoms with Gasteiger partial charge < -0.3 is 10.5 Å². The summed E-state index contributed by atoms with van der Waals surface area (Å²) in [6.07, 6.45) is 0. The first-order chi connectivity index (χ1) is 6.65. The Morgan fingerprint density at radius 3 is 2.50 bits per heavy atom. The lowest BCUT2D eigenvalue weighted by Crippen LogP contribution is -2.12. The molecule has 0 saturated heterocycles. The van der Waals surface area contributed by atoms with Gasteiger partial charge in [0.05, 0.1) is 12.5 Å². The molecular formula is C11H15NO2. The van der Waals surface area contributed by atoms with Crippen molar-refractivity contribution in [3.8, 4) is 0 Å². The van der Waals surface area contributed by atoms with Crippen molar-refractivity contribution in [2.75, 3.05) is 12.3 Å². The smallest absolute Gasteiger partial charge is 0.313 e. The van der Waals surface area contributed by atoms with Crippen LogP contribution in [0.2, 0.25) is 0 Å². The molecule has 0 heterocycles. The summed E-state index contributed by atoms with van der Waals surface area (Å²) < 4.78 is 4.92. The fraction of sp³-hybridized carbons (Fsp3) is 0.364. The minimum absolute atomic E-state index is 0.197. The molecule has 0 unspecified atom stereocenters. The summed E-state index contributed by atoms with van der Waals surface area (Å²) >= 11 is 0. The molecule has 76 valence electrons. The van der Waals surface area contributed by atoms with Crippen LogP contribution >= 0.6 is 0 Å². The minimum atomic E-state index is -0.226. The van der Waals surface area contributed by atoms with Crippen molar-refractivity contribution < 1.29 is 9.53 Å². The van der Waals surface area contributed by atoms with Crippen molar-refractivity contribution in [3.63, 3.8) is 0 Å². The summed E-state index contributed by atoms with van der Waals surface area (Å²) in [6, 6.07) is 7.25. The highest BCUT2D eigenvalue weighted by molar-refractivity contribution is 5.77. The fourth-order valence-electron chi connectivity index (χ4n) is 1.19. The maximum absolute atomic E-state index is 11.4. The zero-order chi connectivity index (χ0) is 10.6. The second-order valence-electron chi connectivity index (χ2n) is 3.14. The van der Waals surface area contributed by atoms with Gasteiger partial charge in [-0.25, -0.2) is 0 Å². The Morgan fingerprint density at radius 2 is 2.00 bits per heavy atom. The Bertz CT molecular complexity index is 306. The zero-order valence-corrected chi connectivity index (χ0v) is 8.49.